The molecule has 1 aliphatic rings. The second-order valence-electron chi connectivity index (χ2n) is 7.75. The maximum atomic E-state index is 12.1. The van der Waals surface area contributed by atoms with Crippen LogP contribution in [0.4, 0.5) is 0 Å². The van der Waals surface area contributed by atoms with Crippen LogP contribution in [0.15, 0.2) is 0 Å². The van der Waals surface area contributed by atoms with Crippen LogP contribution >= 0.6 is 0 Å². The first-order valence-electron chi connectivity index (χ1n) is 11.4. The van der Waals surface area contributed by atoms with Gasteiger partial charge < -0.3 is 20.1 Å². The van der Waals surface area contributed by atoms with Crippen molar-refractivity contribution in [2.24, 2.45) is 0 Å². The molecule has 8 heteroatoms. The van der Waals surface area contributed by atoms with Crippen molar-refractivity contribution in [3.8, 4) is 0 Å². The minimum absolute atomic E-state index is 0.0579. The average molecular weight is 427 g/mol. The van der Waals surface area contributed by atoms with Gasteiger partial charge in [0.05, 0.1) is 0 Å². The molecule has 0 aromatic rings. The summed E-state index contributed by atoms with van der Waals surface area (Å²) in [5, 5.41) is 5.55. The Labute approximate surface area is 179 Å². The van der Waals surface area contributed by atoms with E-state index in [9.17, 15) is 19.2 Å². The summed E-state index contributed by atoms with van der Waals surface area (Å²) in [5.41, 5.74) is 0. The number of carbonyl (C=O) groups excluding carboxylic acids is 4. The van der Waals surface area contributed by atoms with Gasteiger partial charge in [-0.1, -0.05) is 13.8 Å². The molecule has 1 rings (SSSR count). The Kier molecular flexibility index (Phi) is 13.5. The van der Waals surface area contributed by atoms with Gasteiger partial charge in [-0.3, -0.25) is 19.2 Å². The molecule has 8 nitrogen and oxygen atoms in total. The molecule has 0 aromatic carbocycles. The molecular weight excluding hydrogens is 388 g/mol. The third kappa shape index (κ3) is 11.8. The molecule has 2 atom stereocenters. The first-order valence-corrected chi connectivity index (χ1v) is 11.4. The van der Waals surface area contributed by atoms with Crippen LogP contribution in [0.25, 0.3) is 0 Å². The fourth-order valence-corrected chi connectivity index (χ4v) is 3.28. The number of hydrogen-bond donors (Lipinski definition) is 2. The Morgan fingerprint density at radius 3 is 1.47 bits per heavy atom. The van der Waals surface area contributed by atoms with E-state index < -0.39 is 12.2 Å². The largest absolute Gasteiger partial charge is 0.458 e. The molecule has 0 bridgehead atoms. The van der Waals surface area contributed by atoms with E-state index in [0.29, 0.717) is 51.6 Å². The predicted octanol–water partition coefficient (Wildman–Crippen LogP) is 2.78. The van der Waals surface area contributed by atoms with Crippen LogP contribution in [0.5, 0.6) is 0 Å². The van der Waals surface area contributed by atoms with Gasteiger partial charge in [-0.05, 0) is 51.4 Å². The fraction of sp³-hybridized carbons (Fsp3) is 0.818. The number of carbonyl (C=O) groups is 4. The summed E-state index contributed by atoms with van der Waals surface area (Å²) < 4.78 is 11.1. The number of nitrogens with one attached hydrogen (secondary N) is 2. The van der Waals surface area contributed by atoms with Crippen molar-refractivity contribution in [1.29, 1.82) is 0 Å². The molecule has 0 saturated heterocycles. The van der Waals surface area contributed by atoms with Crippen molar-refractivity contribution >= 4 is 23.8 Å². The van der Waals surface area contributed by atoms with Crippen LogP contribution in [0, 0.1) is 0 Å². The summed E-state index contributed by atoms with van der Waals surface area (Å²) in [6, 6.07) is 0. The monoisotopic (exact) mass is 426 g/mol. The molecule has 0 heterocycles. The summed E-state index contributed by atoms with van der Waals surface area (Å²) in [6.07, 6.45) is 5.86. The highest BCUT2D eigenvalue weighted by Gasteiger charge is 2.31. The molecule has 0 aliphatic heterocycles. The second kappa shape index (κ2) is 15.7. The van der Waals surface area contributed by atoms with Crippen molar-refractivity contribution in [2.45, 2.75) is 103 Å². The van der Waals surface area contributed by atoms with E-state index in [2.05, 4.69) is 10.6 Å². The Morgan fingerprint density at radius 1 is 0.700 bits per heavy atom. The quantitative estimate of drug-likeness (QED) is 0.413. The number of hydrogen-bond acceptors (Lipinski definition) is 6. The zero-order valence-corrected chi connectivity index (χ0v) is 18.5. The number of ether oxygens (including phenoxy) is 2. The van der Waals surface area contributed by atoms with Crippen LogP contribution in [-0.2, 0) is 28.7 Å². The van der Waals surface area contributed by atoms with Gasteiger partial charge in [-0.25, -0.2) is 0 Å². The Bertz CT molecular complexity index is 504. The second-order valence-corrected chi connectivity index (χ2v) is 7.75. The van der Waals surface area contributed by atoms with Gasteiger partial charge in [0.1, 0.15) is 12.2 Å². The van der Waals surface area contributed by atoms with Gasteiger partial charge in [0.25, 0.3) is 0 Å². The standard InChI is InChI=1S/C22H38N2O6/c1-3-15-23-19(25)11-7-13-21(27)29-17-9-5-6-10-18(17)30-22(28)14-8-12-20(26)24-16-4-2/h17-18H,3-16H2,1-2H3,(H,23,25)(H,24,26)/t17-,18-/m0/s1. The first kappa shape index (κ1) is 25.9. The van der Waals surface area contributed by atoms with Crippen molar-refractivity contribution in [3.63, 3.8) is 0 Å². The van der Waals surface area contributed by atoms with E-state index in [1.807, 2.05) is 13.8 Å². The van der Waals surface area contributed by atoms with Crippen molar-refractivity contribution < 1.29 is 28.7 Å². The van der Waals surface area contributed by atoms with E-state index in [1.165, 1.54) is 0 Å². The summed E-state index contributed by atoms with van der Waals surface area (Å²) in [6.45, 7) is 5.24. The molecule has 0 aromatic heterocycles. The summed E-state index contributed by atoms with van der Waals surface area (Å²) in [7, 11) is 0. The smallest absolute Gasteiger partial charge is 0.306 e. The normalized spacial score (nSPS) is 18.3. The Morgan fingerprint density at radius 2 is 1.10 bits per heavy atom. The zero-order chi connectivity index (χ0) is 22.2. The lowest BCUT2D eigenvalue weighted by molar-refractivity contribution is -0.171. The third-order valence-corrected chi connectivity index (χ3v) is 4.92. The third-order valence-electron chi connectivity index (χ3n) is 4.92. The lowest BCUT2D eigenvalue weighted by Gasteiger charge is -2.30. The summed E-state index contributed by atoms with van der Waals surface area (Å²) >= 11 is 0. The number of rotatable bonds is 14. The molecule has 2 amide bonds. The number of amides is 2. The maximum Gasteiger partial charge on any atom is 0.306 e. The highest BCUT2D eigenvalue weighted by Crippen LogP contribution is 2.25. The predicted molar refractivity (Wildman–Crippen MR) is 113 cm³/mol. The van der Waals surface area contributed by atoms with Crippen molar-refractivity contribution in [1.82, 2.24) is 10.6 Å². The summed E-state index contributed by atoms with van der Waals surface area (Å²) in [4.78, 5) is 47.4. The van der Waals surface area contributed by atoms with Gasteiger partial charge in [0.15, 0.2) is 0 Å². The van der Waals surface area contributed by atoms with Crippen LogP contribution in [0.1, 0.15) is 90.9 Å². The minimum Gasteiger partial charge on any atom is -0.458 e. The van der Waals surface area contributed by atoms with Crippen LogP contribution in [0.3, 0.4) is 0 Å². The van der Waals surface area contributed by atoms with Gasteiger partial charge in [0, 0.05) is 38.8 Å². The van der Waals surface area contributed by atoms with Gasteiger partial charge in [-0.2, -0.15) is 0 Å². The Balaban J connectivity index is 2.30. The number of esters is 2. The molecule has 0 radical (unpaired) electrons. The van der Waals surface area contributed by atoms with E-state index >= 15 is 0 Å². The molecule has 30 heavy (non-hydrogen) atoms. The van der Waals surface area contributed by atoms with Gasteiger partial charge in [-0.15, -0.1) is 0 Å². The molecule has 0 spiro atoms. The SMILES string of the molecule is CCCNC(=O)CCCC(=O)O[C@H]1CCCC[C@@H]1OC(=O)CCCC(=O)NCCC. The molecular formula is C22H38N2O6. The topological polar surface area (TPSA) is 111 Å². The fourth-order valence-electron chi connectivity index (χ4n) is 3.28. The van der Waals surface area contributed by atoms with Crippen LogP contribution < -0.4 is 10.6 Å². The lowest BCUT2D eigenvalue weighted by atomic mass is 9.94. The van der Waals surface area contributed by atoms with Crippen molar-refractivity contribution in [2.75, 3.05) is 13.1 Å². The minimum atomic E-state index is -0.433. The summed E-state index contributed by atoms with van der Waals surface area (Å²) in [5.74, 6) is -0.840. The van der Waals surface area contributed by atoms with E-state index in [0.717, 1.165) is 25.7 Å². The van der Waals surface area contributed by atoms with E-state index in [4.69, 9.17) is 9.47 Å². The average Bonchev–Trinajstić information content (AvgIpc) is 2.72. The van der Waals surface area contributed by atoms with Crippen LogP contribution in [0.2, 0.25) is 0 Å². The molecule has 172 valence electrons. The van der Waals surface area contributed by atoms with E-state index in [1.54, 1.807) is 0 Å². The molecule has 0 unspecified atom stereocenters. The van der Waals surface area contributed by atoms with Crippen molar-refractivity contribution in [3.05, 3.63) is 0 Å². The molecule has 1 aliphatic carbocycles. The van der Waals surface area contributed by atoms with Gasteiger partial charge in [0.2, 0.25) is 11.8 Å². The molecule has 1 saturated carbocycles. The van der Waals surface area contributed by atoms with Gasteiger partial charge >= 0.3 is 11.9 Å². The maximum absolute atomic E-state index is 12.1. The van der Waals surface area contributed by atoms with E-state index in [-0.39, 0.29) is 36.6 Å². The highest BCUT2D eigenvalue weighted by atomic mass is 16.6. The first-order chi connectivity index (χ1) is 14.5. The lowest BCUT2D eigenvalue weighted by Crippen LogP contribution is -2.38. The molecule has 2 N–H and O–H groups in total. The zero-order valence-electron chi connectivity index (χ0n) is 18.5. The molecule has 1 fully saturated rings. The van der Waals surface area contributed by atoms with Crippen LogP contribution in [-0.4, -0.2) is 49.1 Å². The Hall–Kier alpha value is -2.12. The highest BCUT2D eigenvalue weighted by molar-refractivity contribution is 5.77.